The highest BCUT2D eigenvalue weighted by atomic mass is 15.3. The second-order valence-electron chi connectivity index (χ2n) is 5.01. The highest BCUT2D eigenvalue weighted by molar-refractivity contribution is 5.08. The lowest BCUT2D eigenvalue weighted by Crippen LogP contribution is -2.14. The maximum Gasteiger partial charge on any atom is 0.0537 e. The van der Waals surface area contributed by atoms with E-state index in [4.69, 9.17) is 0 Å². The minimum Gasteiger partial charge on any atom is -0.313 e. The number of hydrogen-bond donors (Lipinski definition) is 1. The van der Waals surface area contributed by atoms with Gasteiger partial charge in [-0.15, -0.1) is 0 Å². The molecule has 1 fully saturated rings. The summed E-state index contributed by atoms with van der Waals surface area (Å²) in [6.07, 6.45) is 11.2. The third-order valence-electron chi connectivity index (χ3n) is 3.76. The molecule has 1 atom stereocenters. The van der Waals surface area contributed by atoms with Crippen molar-refractivity contribution in [3.63, 3.8) is 0 Å². The zero-order valence-electron chi connectivity index (χ0n) is 10.4. The zero-order valence-corrected chi connectivity index (χ0v) is 10.4. The van der Waals surface area contributed by atoms with Crippen molar-refractivity contribution in [1.82, 2.24) is 15.1 Å². The van der Waals surface area contributed by atoms with Gasteiger partial charge in [-0.2, -0.15) is 5.10 Å². The van der Waals surface area contributed by atoms with E-state index in [1.807, 2.05) is 13.2 Å². The van der Waals surface area contributed by atoms with Crippen LogP contribution < -0.4 is 5.32 Å². The summed E-state index contributed by atoms with van der Waals surface area (Å²) in [5, 5.41) is 7.70. The molecule has 0 radical (unpaired) electrons. The molecule has 1 heterocycles. The van der Waals surface area contributed by atoms with Gasteiger partial charge in [0.15, 0.2) is 0 Å². The summed E-state index contributed by atoms with van der Waals surface area (Å²) < 4.78 is 2.12. The van der Waals surface area contributed by atoms with Crippen LogP contribution in [0, 0.1) is 5.92 Å². The van der Waals surface area contributed by atoms with E-state index in [2.05, 4.69) is 28.2 Å². The highest BCUT2D eigenvalue weighted by Crippen LogP contribution is 2.25. The molecule has 3 nitrogen and oxygen atoms in total. The van der Waals surface area contributed by atoms with Crippen LogP contribution >= 0.6 is 0 Å². The van der Waals surface area contributed by atoms with Crippen molar-refractivity contribution in [2.24, 2.45) is 5.92 Å². The molecule has 1 N–H and O–H groups in total. The molecule has 0 bridgehead atoms. The van der Waals surface area contributed by atoms with E-state index in [1.54, 1.807) is 0 Å². The number of nitrogens with zero attached hydrogens (tertiary/aromatic N) is 2. The Hall–Kier alpha value is -0.830. The third-order valence-corrected chi connectivity index (χ3v) is 3.76. The summed E-state index contributed by atoms with van der Waals surface area (Å²) in [7, 11) is 1.99. The first-order chi connectivity index (χ1) is 7.79. The lowest BCUT2D eigenvalue weighted by molar-refractivity contribution is 0.308. The first kappa shape index (κ1) is 11.6. The number of rotatable bonds is 4. The molecule has 2 rings (SSSR count). The molecular weight excluding hydrogens is 198 g/mol. The lowest BCUT2D eigenvalue weighted by Gasteiger charge is -2.21. The predicted molar refractivity (Wildman–Crippen MR) is 66.3 cm³/mol. The maximum absolute atomic E-state index is 4.46. The standard InChI is InChI=1S/C13H23N3/c1-11(14-2)13-8-15-16(10-13)9-12-6-4-3-5-7-12/h8,10-12,14H,3-7,9H2,1-2H3. The SMILES string of the molecule is CNC(C)c1cnn(CC2CCCCC2)c1. The van der Waals surface area contributed by atoms with Gasteiger partial charge < -0.3 is 5.32 Å². The predicted octanol–water partition coefficient (Wildman–Crippen LogP) is 2.74. The molecule has 90 valence electrons. The van der Waals surface area contributed by atoms with Crippen molar-refractivity contribution in [1.29, 1.82) is 0 Å². The largest absolute Gasteiger partial charge is 0.313 e. The molecule has 1 saturated carbocycles. The molecule has 0 aliphatic heterocycles. The molecule has 0 saturated heterocycles. The summed E-state index contributed by atoms with van der Waals surface area (Å²) in [5.41, 5.74) is 1.29. The van der Waals surface area contributed by atoms with Crippen molar-refractivity contribution in [3.05, 3.63) is 18.0 Å². The van der Waals surface area contributed by atoms with Gasteiger partial charge in [0.05, 0.1) is 6.20 Å². The molecule has 1 aromatic heterocycles. The Morgan fingerprint density at radius 2 is 2.19 bits per heavy atom. The van der Waals surface area contributed by atoms with Gasteiger partial charge in [-0.05, 0) is 32.7 Å². The van der Waals surface area contributed by atoms with Crippen LogP contribution in [0.25, 0.3) is 0 Å². The first-order valence-corrected chi connectivity index (χ1v) is 6.49. The van der Waals surface area contributed by atoms with Crippen LogP contribution in [0.2, 0.25) is 0 Å². The third kappa shape index (κ3) is 2.85. The molecule has 1 aliphatic carbocycles. The van der Waals surface area contributed by atoms with Gasteiger partial charge in [-0.25, -0.2) is 0 Å². The van der Waals surface area contributed by atoms with Gasteiger partial charge in [0.1, 0.15) is 0 Å². The summed E-state index contributed by atoms with van der Waals surface area (Å²) in [6, 6.07) is 0.403. The summed E-state index contributed by atoms with van der Waals surface area (Å²) in [4.78, 5) is 0. The molecule has 0 amide bonds. The van der Waals surface area contributed by atoms with E-state index in [9.17, 15) is 0 Å². The Morgan fingerprint density at radius 3 is 2.88 bits per heavy atom. The quantitative estimate of drug-likeness (QED) is 0.847. The van der Waals surface area contributed by atoms with E-state index < -0.39 is 0 Å². The van der Waals surface area contributed by atoms with Crippen molar-refractivity contribution in [2.75, 3.05) is 7.05 Å². The molecular formula is C13H23N3. The zero-order chi connectivity index (χ0) is 11.4. The normalized spacial score (nSPS) is 19.9. The van der Waals surface area contributed by atoms with Crippen molar-refractivity contribution < 1.29 is 0 Å². The van der Waals surface area contributed by atoms with E-state index >= 15 is 0 Å². The fourth-order valence-corrected chi connectivity index (χ4v) is 2.50. The molecule has 1 aliphatic rings. The molecule has 0 aromatic carbocycles. The van der Waals surface area contributed by atoms with Gasteiger partial charge >= 0.3 is 0 Å². The monoisotopic (exact) mass is 221 g/mol. The molecule has 0 spiro atoms. The van der Waals surface area contributed by atoms with Gasteiger partial charge in [0, 0.05) is 24.3 Å². The van der Waals surface area contributed by atoms with Crippen LogP contribution in [0.5, 0.6) is 0 Å². The van der Waals surface area contributed by atoms with Crippen molar-refractivity contribution in [3.8, 4) is 0 Å². The van der Waals surface area contributed by atoms with Crippen LogP contribution in [0.4, 0.5) is 0 Å². The lowest BCUT2D eigenvalue weighted by atomic mass is 9.89. The molecule has 1 aromatic rings. The van der Waals surface area contributed by atoms with E-state index in [-0.39, 0.29) is 0 Å². The smallest absolute Gasteiger partial charge is 0.0537 e. The molecule has 16 heavy (non-hydrogen) atoms. The van der Waals surface area contributed by atoms with Crippen LogP contribution in [0.3, 0.4) is 0 Å². The number of hydrogen-bond acceptors (Lipinski definition) is 2. The van der Waals surface area contributed by atoms with Crippen LogP contribution in [-0.4, -0.2) is 16.8 Å². The van der Waals surface area contributed by atoms with Gasteiger partial charge in [0.25, 0.3) is 0 Å². The second-order valence-corrected chi connectivity index (χ2v) is 5.01. The average molecular weight is 221 g/mol. The summed E-state index contributed by atoms with van der Waals surface area (Å²) in [6.45, 7) is 3.28. The van der Waals surface area contributed by atoms with E-state index in [0.717, 1.165) is 12.5 Å². The highest BCUT2D eigenvalue weighted by Gasteiger charge is 2.14. The van der Waals surface area contributed by atoms with Gasteiger partial charge in [-0.1, -0.05) is 19.3 Å². The van der Waals surface area contributed by atoms with Gasteiger partial charge in [0.2, 0.25) is 0 Å². The summed E-state index contributed by atoms with van der Waals surface area (Å²) in [5.74, 6) is 0.853. The minimum absolute atomic E-state index is 0.403. The van der Waals surface area contributed by atoms with E-state index in [1.165, 1.54) is 37.7 Å². The topological polar surface area (TPSA) is 29.9 Å². The van der Waals surface area contributed by atoms with E-state index in [0.29, 0.717) is 6.04 Å². The fraction of sp³-hybridized carbons (Fsp3) is 0.769. The summed E-state index contributed by atoms with van der Waals surface area (Å²) >= 11 is 0. The number of aromatic nitrogens is 2. The maximum atomic E-state index is 4.46. The Bertz CT molecular complexity index is 313. The van der Waals surface area contributed by atoms with Gasteiger partial charge in [-0.3, -0.25) is 4.68 Å². The molecule has 3 heteroatoms. The minimum atomic E-state index is 0.403. The second kappa shape index (κ2) is 5.48. The van der Waals surface area contributed by atoms with Crippen molar-refractivity contribution in [2.45, 2.75) is 51.6 Å². The Kier molecular flexibility index (Phi) is 3.99. The Labute approximate surface area is 98.2 Å². The number of nitrogens with one attached hydrogen (secondary N) is 1. The van der Waals surface area contributed by atoms with Crippen LogP contribution in [0.1, 0.15) is 50.6 Å². The van der Waals surface area contributed by atoms with Crippen LogP contribution in [-0.2, 0) is 6.54 Å². The average Bonchev–Trinajstić information content (AvgIpc) is 2.78. The Morgan fingerprint density at radius 1 is 1.44 bits per heavy atom. The first-order valence-electron chi connectivity index (χ1n) is 6.49. The van der Waals surface area contributed by atoms with Crippen molar-refractivity contribution >= 4 is 0 Å². The molecule has 1 unspecified atom stereocenters. The van der Waals surface area contributed by atoms with Crippen LogP contribution in [0.15, 0.2) is 12.4 Å². The fourth-order valence-electron chi connectivity index (χ4n) is 2.50. The Balaban J connectivity index is 1.91.